The molecule has 1 aromatic carbocycles. The minimum Gasteiger partial charge on any atom is -0.339 e. The summed E-state index contributed by atoms with van der Waals surface area (Å²) in [4.78, 5) is 31.5. The molecule has 0 aliphatic carbocycles. The highest BCUT2D eigenvalue weighted by atomic mass is 35.5. The van der Waals surface area contributed by atoms with Crippen LogP contribution in [0, 0.1) is 0 Å². The molecular formula is C18H22Cl2N4O2S. The van der Waals surface area contributed by atoms with E-state index in [-0.39, 0.29) is 24.2 Å². The average molecular weight is 429 g/mol. The Morgan fingerprint density at radius 1 is 1.26 bits per heavy atom. The molecular weight excluding hydrogens is 407 g/mol. The summed E-state index contributed by atoms with van der Waals surface area (Å²) in [6.45, 7) is 1.96. The van der Waals surface area contributed by atoms with Crippen LogP contribution in [0.15, 0.2) is 23.6 Å². The molecule has 0 saturated carbocycles. The average Bonchev–Trinajstić information content (AvgIpc) is 3.11. The molecule has 6 nitrogen and oxygen atoms in total. The molecule has 1 fully saturated rings. The van der Waals surface area contributed by atoms with Crippen LogP contribution < -0.4 is 11.1 Å². The van der Waals surface area contributed by atoms with Gasteiger partial charge in [0.2, 0.25) is 0 Å². The summed E-state index contributed by atoms with van der Waals surface area (Å²) in [7, 11) is 0. The molecule has 3 N–H and O–H groups in total. The minimum absolute atomic E-state index is 0. The van der Waals surface area contributed by atoms with Gasteiger partial charge < -0.3 is 16.0 Å². The number of hydrogen-bond donors (Lipinski definition) is 2. The van der Waals surface area contributed by atoms with E-state index in [1.807, 2.05) is 4.90 Å². The third kappa shape index (κ3) is 5.42. The molecule has 3 rings (SSSR count). The zero-order valence-corrected chi connectivity index (χ0v) is 17.1. The SMILES string of the molecule is Cl.NCCc1nc(C(=O)Nc2cc(Cl)ccc2C(=O)N2CCCCC2)cs1. The van der Waals surface area contributed by atoms with Crippen LogP contribution >= 0.6 is 35.3 Å². The standard InChI is InChI=1S/C18H21ClN4O2S.ClH/c19-12-4-5-13(18(25)23-8-2-1-3-9-23)14(10-12)22-17(24)15-11-26-16(21-15)6-7-20;/h4-5,10-11H,1-3,6-9,20H2,(H,22,24);1H. The van der Waals surface area contributed by atoms with Crippen molar-refractivity contribution in [2.75, 3.05) is 25.0 Å². The molecule has 9 heteroatoms. The molecule has 1 saturated heterocycles. The number of nitrogens with one attached hydrogen (secondary N) is 1. The van der Waals surface area contributed by atoms with Gasteiger partial charge in [0.05, 0.1) is 16.3 Å². The van der Waals surface area contributed by atoms with Crippen molar-refractivity contribution in [1.29, 1.82) is 0 Å². The zero-order valence-electron chi connectivity index (χ0n) is 14.7. The van der Waals surface area contributed by atoms with E-state index in [0.717, 1.165) is 37.4 Å². The Hall–Kier alpha value is -1.67. The summed E-state index contributed by atoms with van der Waals surface area (Å²) in [6, 6.07) is 4.93. The third-order valence-electron chi connectivity index (χ3n) is 4.25. The van der Waals surface area contributed by atoms with E-state index < -0.39 is 0 Å². The molecule has 0 bridgehead atoms. The lowest BCUT2D eigenvalue weighted by Gasteiger charge is -2.27. The van der Waals surface area contributed by atoms with E-state index in [1.54, 1.807) is 23.6 Å². The van der Waals surface area contributed by atoms with E-state index in [0.29, 0.717) is 34.9 Å². The van der Waals surface area contributed by atoms with Crippen molar-refractivity contribution in [3.05, 3.63) is 44.9 Å². The Kier molecular flexibility index (Phi) is 8.04. The maximum Gasteiger partial charge on any atom is 0.275 e. The van der Waals surface area contributed by atoms with Crippen LogP contribution in [0.25, 0.3) is 0 Å². The molecule has 146 valence electrons. The second kappa shape index (κ2) is 10.0. The molecule has 1 aliphatic rings. The van der Waals surface area contributed by atoms with E-state index in [2.05, 4.69) is 10.3 Å². The highest BCUT2D eigenvalue weighted by Gasteiger charge is 2.22. The van der Waals surface area contributed by atoms with Gasteiger partial charge >= 0.3 is 0 Å². The van der Waals surface area contributed by atoms with Crippen LogP contribution in [0.4, 0.5) is 5.69 Å². The van der Waals surface area contributed by atoms with Gasteiger partial charge in [0.25, 0.3) is 11.8 Å². The molecule has 0 radical (unpaired) electrons. The topological polar surface area (TPSA) is 88.3 Å². The maximum atomic E-state index is 12.8. The third-order valence-corrected chi connectivity index (χ3v) is 5.39. The Morgan fingerprint density at radius 3 is 2.70 bits per heavy atom. The maximum absolute atomic E-state index is 12.8. The zero-order chi connectivity index (χ0) is 18.5. The van der Waals surface area contributed by atoms with Crippen LogP contribution in [-0.4, -0.2) is 41.3 Å². The first-order valence-corrected chi connectivity index (χ1v) is 9.89. The Labute approximate surface area is 173 Å². The fourth-order valence-corrected chi connectivity index (χ4v) is 3.88. The lowest BCUT2D eigenvalue weighted by Crippen LogP contribution is -2.36. The second-order valence-corrected chi connectivity index (χ2v) is 7.54. The molecule has 2 heterocycles. The number of amides is 2. The highest BCUT2D eigenvalue weighted by molar-refractivity contribution is 7.09. The monoisotopic (exact) mass is 428 g/mol. The van der Waals surface area contributed by atoms with Gasteiger partial charge in [-0.15, -0.1) is 23.7 Å². The predicted octanol–water partition coefficient (Wildman–Crippen LogP) is 3.60. The molecule has 0 atom stereocenters. The first-order chi connectivity index (χ1) is 12.6. The summed E-state index contributed by atoms with van der Waals surface area (Å²) in [5.74, 6) is -0.446. The van der Waals surface area contributed by atoms with E-state index in [4.69, 9.17) is 17.3 Å². The number of carbonyl (C=O) groups excluding carboxylic acids is 2. The van der Waals surface area contributed by atoms with Crippen LogP contribution in [0.3, 0.4) is 0 Å². The number of benzene rings is 1. The van der Waals surface area contributed by atoms with Crippen LogP contribution in [-0.2, 0) is 6.42 Å². The summed E-state index contributed by atoms with van der Waals surface area (Å²) < 4.78 is 0. The summed E-state index contributed by atoms with van der Waals surface area (Å²) >= 11 is 7.47. The van der Waals surface area contributed by atoms with Crippen molar-refractivity contribution in [3.63, 3.8) is 0 Å². The number of thiazole rings is 1. The van der Waals surface area contributed by atoms with E-state index in [9.17, 15) is 9.59 Å². The number of likely N-dealkylation sites (tertiary alicyclic amines) is 1. The largest absolute Gasteiger partial charge is 0.339 e. The lowest BCUT2D eigenvalue weighted by molar-refractivity contribution is 0.0725. The van der Waals surface area contributed by atoms with Crippen molar-refractivity contribution in [2.45, 2.75) is 25.7 Å². The molecule has 1 aliphatic heterocycles. The number of aromatic nitrogens is 1. The number of hydrogen-bond acceptors (Lipinski definition) is 5. The first-order valence-electron chi connectivity index (χ1n) is 8.63. The fourth-order valence-electron chi connectivity index (χ4n) is 2.91. The number of nitrogens with zero attached hydrogens (tertiary/aromatic N) is 2. The van der Waals surface area contributed by atoms with Crippen LogP contribution in [0.1, 0.15) is 45.1 Å². The van der Waals surface area contributed by atoms with E-state index in [1.165, 1.54) is 11.3 Å². The molecule has 0 unspecified atom stereocenters. The van der Waals surface area contributed by atoms with Gasteiger partial charge in [0.1, 0.15) is 5.69 Å². The van der Waals surface area contributed by atoms with Crippen LogP contribution in [0.2, 0.25) is 5.02 Å². The summed E-state index contributed by atoms with van der Waals surface area (Å²) in [6.07, 6.45) is 3.78. The number of halogens is 2. The van der Waals surface area contributed by atoms with Gasteiger partial charge in [-0.2, -0.15) is 0 Å². The number of carbonyl (C=O) groups is 2. The van der Waals surface area contributed by atoms with Gasteiger partial charge in [-0.1, -0.05) is 11.6 Å². The second-order valence-electron chi connectivity index (χ2n) is 6.16. The fraction of sp³-hybridized carbons (Fsp3) is 0.389. The summed E-state index contributed by atoms with van der Waals surface area (Å²) in [5, 5.41) is 5.75. The molecule has 2 aromatic rings. The summed E-state index contributed by atoms with van der Waals surface area (Å²) in [5.41, 5.74) is 6.69. The Morgan fingerprint density at radius 2 is 2.00 bits per heavy atom. The van der Waals surface area contributed by atoms with Crippen molar-refractivity contribution < 1.29 is 9.59 Å². The quantitative estimate of drug-likeness (QED) is 0.760. The van der Waals surface area contributed by atoms with Crippen molar-refractivity contribution in [2.24, 2.45) is 5.73 Å². The predicted molar refractivity (Wildman–Crippen MR) is 111 cm³/mol. The van der Waals surface area contributed by atoms with Gasteiger partial charge in [0.15, 0.2) is 0 Å². The number of anilines is 1. The van der Waals surface area contributed by atoms with Crippen molar-refractivity contribution in [1.82, 2.24) is 9.88 Å². The number of piperidine rings is 1. The van der Waals surface area contributed by atoms with Gasteiger partial charge in [-0.05, 0) is 44.0 Å². The number of nitrogens with two attached hydrogens (primary N) is 1. The van der Waals surface area contributed by atoms with E-state index >= 15 is 0 Å². The Bertz CT molecular complexity index is 806. The lowest BCUT2D eigenvalue weighted by atomic mass is 10.1. The minimum atomic E-state index is -0.362. The Balaban J connectivity index is 0.00000261. The first kappa shape index (κ1) is 21.6. The van der Waals surface area contributed by atoms with Crippen LogP contribution in [0.5, 0.6) is 0 Å². The highest BCUT2D eigenvalue weighted by Crippen LogP contribution is 2.25. The molecule has 2 amide bonds. The van der Waals surface area contributed by atoms with Gasteiger partial charge in [-0.3, -0.25) is 9.59 Å². The normalized spacial score (nSPS) is 13.8. The van der Waals surface area contributed by atoms with Gasteiger partial charge in [0, 0.05) is 29.9 Å². The molecule has 0 spiro atoms. The molecule has 27 heavy (non-hydrogen) atoms. The molecule has 1 aromatic heterocycles. The van der Waals surface area contributed by atoms with Crippen molar-refractivity contribution >= 4 is 52.8 Å². The van der Waals surface area contributed by atoms with Gasteiger partial charge in [-0.25, -0.2) is 4.98 Å². The smallest absolute Gasteiger partial charge is 0.275 e. The number of rotatable bonds is 5. The van der Waals surface area contributed by atoms with Crippen molar-refractivity contribution in [3.8, 4) is 0 Å².